The van der Waals surface area contributed by atoms with Crippen LogP contribution in [0.25, 0.3) is 0 Å². The highest BCUT2D eigenvalue weighted by Crippen LogP contribution is 2.30. The number of likely N-dealkylation sites (N-methyl/N-ethyl adjacent to an activating group) is 1. The Morgan fingerprint density at radius 3 is 2.60 bits per heavy atom. The van der Waals surface area contributed by atoms with Gasteiger partial charge in [-0.25, -0.2) is 13.4 Å². The van der Waals surface area contributed by atoms with Gasteiger partial charge in [0.2, 0.25) is 5.91 Å². The van der Waals surface area contributed by atoms with Crippen molar-refractivity contribution in [2.24, 2.45) is 0 Å². The highest BCUT2D eigenvalue weighted by Gasteiger charge is 2.26. The zero-order chi connectivity index (χ0) is 18.2. The Morgan fingerprint density at radius 2 is 1.96 bits per heavy atom. The first-order chi connectivity index (χ1) is 11.8. The number of sulfonamides is 1. The van der Waals surface area contributed by atoms with Gasteiger partial charge in [0, 0.05) is 18.8 Å². The molecule has 0 aliphatic carbocycles. The van der Waals surface area contributed by atoms with Crippen molar-refractivity contribution in [1.29, 1.82) is 0 Å². The molecule has 25 heavy (non-hydrogen) atoms. The van der Waals surface area contributed by atoms with Gasteiger partial charge in [-0.15, -0.1) is 0 Å². The van der Waals surface area contributed by atoms with Crippen LogP contribution in [0.1, 0.15) is 19.4 Å². The summed E-state index contributed by atoms with van der Waals surface area (Å²) in [6.07, 6.45) is 1.79. The number of hydrogen-bond acceptors (Lipinski definition) is 5. The number of nitrogens with one attached hydrogen (secondary N) is 2. The number of aromatic nitrogens is 1. The van der Waals surface area contributed by atoms with E-state index in [-0.39, 0.29) is 29.1 Å². The van der Waals surface area contributed by atoms with Crippen LogP contribution in [0.15, 0.2) is 41.4 Å². The molecule has 0 radical (unpaired) electrons. The maximum atomic E-state index is 12.6. The monoisotopic (exact) mass is 360 g/mol. The summed E-state index contributed by atoms with van der Waals surface area (Å²) >= 11 is 0. The summed E-state index contributed by atoms with van der Waals surface area (Å²) in [7, 11) is -2.09. The third-order valence-corrected chi connectivity index (χ3v) is 5.25. The van der Waals surface area contributed by atoms with E-state index in [1.165, 1.54) is 17.0 Å². The number of anilines is 3. The van der Waals surface area contributed by atoms with Gasteiger partial charge >= 0.3 is 0 Å². The van der Waals surface area contributed by atoms with E-state index in [0.29, 0.717) is 5.56 Å². The molecule has 0 atom stereocenters. The van der Waals surface area contributed by atoms with E-state index in [2.05, 4.69) is 15.0 Å². The largest absolute Gasteiger partial charge is 0.382 e. The second-order valence-corrected chi connectivity index (χ2v) is 7.94. The van der Waals surface area contributed by atoms with E-state index >= 15 is 0 Å². The van der Waals surface area contributed by atoms with Crippen LogP contribution in [0, 0.1) is 0 Å². The standard InChI is InChI=1S/C17H20N4O3S/c1-11(2)19-13-4-7-16(18-10-13)20-25(23,24)14-5-6-15-12(8-14)9-17(22)21(15)3/h4-8,10-11,19H,9H2,1-3H3,(H,18,20). The highest BCUT2D eigenvalue weighted by atomic mass is 32.2. The number of carbonyl (C=O) groups is 1. The van der Waals surface area contributed by atoms with Crippen molar-refractivity contribution in [3.8, 4) is 0 Å². The van der Waals surface area contributed by atoms with Gasteiger partial charge < -0.3 is 10.2 Å². The third-order valence-electron chi connectivity index (χ3n) is 3.90. The Morgan fingerprint density at radius 1 is 1.20 bits per heavy atom. The van der Waals surface area contributed by atoms with E-state index in [4.69, 9.17) is 0 Å². The summed E-state index contributed by atoms with van der Waals surface area (Å²) in [5.41, 5.74) is 2.27. The molecule has 1 aliphatic heterocycles. The highest BCUT2D eigenvalue weighted by molar-refractivity contribution is 7.92. The van der Waals surface area contributed by atoms with Crippen molar-refractivity contribution >= 4 is 33.1 Å². The van der Waals surface area contributed by atoms with Crippen molar-refractivity contribution in [3.05, 3.63) is 42.1 Å². The molecule has 2 N–H and O–H groups in total. The van der Waals surface area contributed by atoms with Crippen LogP contribution < -0.4 is 14.9 Å². The molecule has 0 bridgehead atoms. The molecule has 0 unspecified atom stereocenters. The molecule has 1 amide bonds. The molecular weight excluding hydrogens is 340 g/mol. The molecule has 1 aromatic heterocycles. The topological polar surface area (TPSA) is 91.4 Å². The maximum Gasteiger partial charge on any atom is 0.263 e. The molecule has 0 saturated carbocycles. The maximum absolute atomic E-state index is 12.6. The third kappa shape index (κ3) is 3.58. The van der Waals surface area contributed by atoms with Crippen LogP contribution in [-0.4, -0.2) is 32.4 Å². The average Bonchev–Trinajstić information content (AvgIpc) is 2.83. The minimum Gasteiger partial charge on any atom is -0.382 e. The summed E-state index contributed by atoms with van der Waals surface area (Å²) in [5, 5.41) is 3.19. The first-order valence-corrected chi connectivity index (χ1v) is 9.39. The summed E-state index contributed by atoms with van der Waals surface area (Å²) in [4.78, 5) is 17.5. The lowest BCUT2D eigenvalue weighted by molar-refractivity contribution is -0.117. The van der Waals surface area contributed by atoms with Crippen molar-refractivity contribution in [2.75, 3.05) is 22.0 Å². The molecule has 8 heteroatoms. The Labute approximate surface area is 147 Å². The number of fused-ring (bicyclic) bond motifs is 1. The van der Waals surface area contributed by atoms with Crippen molar-refractivity contribution in [3.63, 3.8) is 0 Å². The SMILES string of the molecule is CC(C)Nc1ccc(NS(=O)(=O)c2ccc3c(c2)CC(=O)N3C)nc1. The molecule has 0 spiro atoms. The lowest BCUT2D eigenvalue weighted by Crippen LogP contribution is -2.20. The summed E-state index contributed by atoms with van der Waals surface area (Å²) in [5.74, 6) is 0.190. The number of hydrogen-bond donors (Lipinski definition) is 2. The molecule has 132 valence electrons. The van der Waals surface area contributed by atoms with Gasteiger partial charge in [-0.1, -0.05) is 0 Å². The minimum absolute atomic E-state index is 0.0487. The number of amides is 1. The molecule has 2 aromatic rings. The molecule has 0 fully saturated rings. The number of nitrogens with zero attached hydrogens (tertiary/aromatic N) is 2. The summed E-state index contributed by atoms with van der Waals surface area (Å²) < 4.78 is 27.6. The van der Waals surface area contributed by atoms with Gasteiger partial charge in [0.05, 0.1) is 23.2 Å². The Bertz CT molecular complexity index is 908. The molecule has 1 aromatic carbocycles. The van der Waals surface area contributed by atoms with Crippen LogP contribution >= 0.6 is 0 Å². The van der Waals surface area contributed by atoms with Crippen molar-refractivity contribution in [1.82, 2.24) is 4.98 Å². The molecule has 2 heterocycles. The summed E-state index contributed by atoms with van der Waals surface area (Å²) in [6.45, 7) is 4.01. The van der Waals surface area contributed by atoms with Crippen molar-refractivity contribution in [2.45, 2.75) is 31.2 Å². The van der Waals surface area contributed by atoms with E-state index in [1.54, 1.807) is 31.4 Å². The first-order valence-electron chi connectivity index (χ1n) is 7.91. The van der Waals surface area contributed by atoms with Gasteiger partial charge in [-0.05, 0) is 49.7 Å². The predicted molar refractivity (Wildman–Crippen MR) is 97.4 cm³/mol. The number of benzene rings is 1. The molecule has 1 aliphatic rings. The van der Waals surface area contributed by atoms with E-state index in [1.807, 2.05) is 13.8 Å². The van der Waals surface area contributed by atoms with Gasteiger partial charge in [0.25, 0.3) is 10.0 Å². The van der Waals surface area contributed by atoms with Crippen LogP contribution in [0.5, 0.6) is 0 Å². The van der Waals surface area contributed by atoms with Crippen LogP contribution in [-0.2, 0) is 21.2 Å². The molecular formula is C17H20N4O3S. The fraction of sp³-hybridized carbons (Fsp3) is 0.294. The van der Waals surface area contributed by atoms with Crippen LogP contribution in [0.2, 0.25) is 0 Å². The average molecular weight is 360 g/mol. The van der Waals surface area contributed by atoms with Gasteiger partial charge in [-0.2, -0.15) is 0 Å². The zero-order valence-electron chi connectivity index (χ0n) is 14.3. The molecule has 7 nitrogen and oxygen atoms in total. The minimum atomic E-state index is -3.77. The van der Waals surface area contributed by atoms with Crippen LogP contribution in [0.3, 0.4) is 0 Å². The predicted octanol–water partition coefficient (Wildman–Crippen LogP) is 2.22. The normalized spacial score (nSPS) is 13.9. The summed E-state index contributed by atoms with van der Waals surface area (Å²) in [6, 6.07) is 8.31. The fourth-order valence-electron chi connectivity index (χ4n) is 2.68. The smallest absolute Gasteiger partial charge is 0.263 e. The van der Waals surface area contributed by atoms with E-state index < -0.39 is 10.0 Å². The lowest BCUT2D eigenvalue weighted by Gasteiger charge is -2.12. The van der Waals surface area contributed by atoms with Crippen LogP contribution in [0.4, 0.5) is 17.2 Å². The quantitative estimate of drug-likeness (QED) is 0.853. The Hall–Kier alpha value is -2.61. The Balaban J connectivity index is 1.81. The van der Waals surface area contributed by atoms with E-state index in [0.717, 1.165) is 11.4 Å². The molecule has 0 saturated heterocycles. The first kappa shape index (κ1) is 17.2. The van der Waals surface area contributed by atoms with Gasteiger partial charge in [0.15, 0.2) is 0 Å². The number of pyridine rings is 1. The Kier molecular flexibility index (Phi) is 4.38. The van der Waals surface area contributed by atoms with Crippen molar-refractivity contribution < 1.29 is 13.2 Å². The molecule has 3 rings (SSSR count). The number of carbonyl (C=O) groups excluding carboxylic acids is 1. The van der Waals surface area contributed by atoms with Gasteiger partial charge in [0.1, 0.15) is 5.82 Å². The zero-order valence-corrected chi connectivity index (χ0v) is 15.1. The number of rotatable bonds is 5. The van der Waals surface area contributed by atoms with E-state index in [9.17, 15) is 13.2 Å². The second-order valence-electron chi connectivity index (χ2n) is 6.26. The lowest BCUT2D eigenvalue weighted by atomic mass is 10.2. The fourth-order valence-corrected chi connectivity index (χ4v) is 3.74. The van der Waals surface area contributed by atoms with Gasteiger partial charge in [-0.3, -0.25) is 9.52 Å². The second kappa shape index (κ2) is 6.36.